The third-order valence-corrected chi connectivity index (χ3v) is 4.78. The van der Waals surface area contributed by atoms with Crippen molar-refractivity contribution in [1.82, 2.24) is 9.88 Å². The number of rotatable bonds is 2. The molecule has 3 rings (SSSR count). The van der Waals surface area contributed by atoms with Crippen LogP contribution in [0.2, 0.25) is 0 Å². The van der Waals surface area contributed by atoms with Crippen molar-refractivity contribution in [3.05, 3.63) is 23.9 Å². The predicted octanol–water partition coefficient (Wildman–Crippen LogP) is 1.52. The average molecular weight is 289 g/mol. The maximum absolute atomic E-state index is 12.7. The molecule has 2 saturated heterocycles. The number of carbonyl (C=O) groups excluding carboxylic acids is 1. The lowest BCUT2D eigenvalue weighted by Crippen LogP contribution is -2.34. The van der Waals surface area contributed by atoms with Crippen LogP contribution >= 0.6 is 0 Å². The molecule has 0 saturated carbocycles. The first kappa shape index (κ1) is 14.3. The van der Waals surface area contributed by atoms with Crippen LogP contribution in [0.1, 0.15) is 37.0 Å². The molecule has 21 heavy (non-hydrogen) atoms. The van der Waals surface area contributed by atoms with Crippen LogP contribution in [0.3, 0.4) is 0 Å². The summed E-state index contributed by atoms with van der Waals surface area (Å²) >= 11 is 0. The molecule has 1 aromatic rings. The fourth-order valence-electron chi connectivity index (χ4n) is 3.20. The van der Waals surface area contributed by atoms with E-state index in [0.717, 1.165) is 32.5 Å². The Morgan fingerprint density at radius 1 is 1.43 bits per heavy atom. The number of aromatic nitrogens is 1. The number of aliphatic hydroxyl groups is 1. The summed E-state index contributed by atoms with van der Waals surface area (Å²) in [5, 5.41) is 10.4. The summed E-state index contributed by atoms with van der Waals surface area (Å²) in [6.07, 6.45) is 3.88. The zero-order valence-electron chi connectivity index (χ0n) is 12.7. The average Bonchev–Trinajstić information content (AvgIpc) is 3.07. The van der Waals surface area contributed by atoms with Gasteiger partial charge in [-0.05, 0) is 31.9 Å². The molecule has 2 atom stereocenters. The highest BCUT2D eigenvalue weighted by Gasteiger charge is 2.40. The van der Waals surface area contributed by atoms with Crippen molar-refractivity contribution in [2.75, 3.05) is 31.1 Å². The van der Waals surface area contributed by atoms with E-state index in [-0.39, 0.29) is 11.8 Å². The topological polar surface area (TPSA) is 56.7 Å². The summed E-state index contributed by atoms with van der Waals surface area (Å²) in [6.45, 7) is 6.80. The van der Waals surface area contributed by atoms with Gasteiger partial charge in [-0.2, -0.15) is 0 Å². The van der Waals surface area contributed by atoms with Crippen LogP contribution < -0.4 is 4.90 Å². The molecule has 0 unspecified atom stereocenters. The van der Waals surface area contributed by atoms with Gasteiger partial charge >= 0.3 is 0 Å². The maximum Gasteiger partial charge on any atom is 0.257 e. The molecule has 0 radical (unpaired) electrons. The summed E-state index contributed by atoms with van der Waals surface area (Å²) < 4.78 is 0. The first-order chi connectivity index (χ1) is 9.99. The van der Waals surface area contributed by atoms with Crippen LogP contribution in [0.5, 0.6) is 0 Å². The fourth-order valence-corrected chi connectivity index (χ4v) is 3.20. The van der Waals surface area contributed by atoms with Crippen LogP contribution in [-0.4, -0.2) is 52.7 Å². The highest BCUT2D eigenvalue weighted by atomic mass is 16.3. The zero-order chi connectivity index (χ0) is 15.0. The Kier molecular flexibility index (Phi) is 3.61. The Morgan fingerprint density at radius 3 is 2.76 bits per heavy atom. The van der Waals surface area contributed by atoms with Gasteiger partial charge in [0, 0.05) is 38.3 Å². The lowest BCUT2D eigenvalue weighted by Gasteiger charge is -2.24. The van der Waals surface area contributed by atoms with Gasteiger partial charge in [-0.1, -0.05) is 6.92 Å². The summed E-state index contributed by atoms with van der Waals surface area (Å²) in [7, 11) is 0. The number of hydrogen-bond acceptors (Lipinski definition) is 4. The van der Waals surface area contributed by atoms with Gasteiger partial charge in [0.15, 0.2) is 0 Å². The Bertz CT molecular complexity index is 538. The van der Waals surface area contributed by atoms with Crippen LogP contribution in [0.25, 0.3) is 0 Å². The minimum atomic E-state index is -0.731. The normalized spacial score (nSPS) is 29.2. The molecule has 2 aliphatic rings. The van der Waals surface area contributed by atoms with Crippen LogP contribution in [0.15, 0.2) is 18.3 Å². The molecule has 1 N–H and O–H groups in total. The van der Waals surface area contributed by atoms with E-state index in [2.05, 4.69) is 4.98 Å². The first-order valence-electron chi connectivity index (χ1n) is 7.70. The number of nitrogens with zero attached hydrogens (tertiary/aromatic N) is 3. The van der Waals surface area contributed by atoms with E-state index < -0.39 is 5.60 Å². The maximum atomic E-state index is 12.7. The number of likely N-dealkylation sites (tertiary alicyclic amines) is 1. The Labute approximate surface area is 125 Å². The Morgan fingerprint density at radius 2 is 2.14 bits per heavy atom. The number of pyridine rings is 1. The summed E-state index contributed by atoms with van der Waals surface area (Å²) in [4.78, 5) is 21.0. The van der Waals surface area contributed by atoms with E-state index in [9.17, 15) is 9.90 Å². The van der Waals surface area contributed by atoms with Crippen molar-refractivity contribution >= 4 is 11.7 Å². The third kappa shape index (κ3) is 2.62. The molecule has 0 aromatic carbocycles. The molecule has 5 nitrogen and oxygen atoms in total. The highest BCUT2D eigenvalue weighted by Crippen LogP contribution is 2.32. The number of amides is 1. The van der Waals surface area contributed by atoms with E-state index in [1.54, 1.807) is 6.20 Å². The minimum Gasteiger partial charge on any atom is -0.388 e. The predicted molar refractivity (Wildman–Crippen MR) is 81.4 cm³/mol. The SMILES string of the molecule is C[C@H]1CN(c2ncccc2C(=O)N2CCCC2)C[C@@]1(C)O. The standard InChI is InChI=1S/C16H23N3O2/c1-12-10-19(11-16(12,2)21)14-13(6-5-7-17-14)15(20)18-8-3-4-9-18/h5-7,12,21H,3-4,8-11H2,1-2H3/t12-,16+/m0/s1. The van der Waals surface area contributed by atoms with E-state index in [0.29, 0.717) is 17.9 Å². The van der Waals surface area contributed by atoms with Crippen LogP contribution in [0, 0.1) is 5.92 Å². The Balaban J connectivity index is 1.88. The molecule has 1 amide bonds. The summed E-state index contributed by atoms with van der Waals surface area (Å²) in [5.74, 6) is 0.933. The molecule has 2 fully saturated rings. The molecule has 0 spiro atoms. The van der Waals surface area contributed by atoms with Crippen molar-refractivity contribution in [2.24, 2.45) is 5.92 Å². The van der Waals surface area contributed by atoms with Gasteiger partial charge in [0.2, 0.25) is 0 Å². The number of β-amino-alcohol motifs (C(OH)–C–C–N with tert-alkyl or cyclic N) is 1. The molecular formula is C16H23N3O2. The third-order valence-electron chi connectivity index (χ3n) is 4.78. The lowest BCUT2D eigenvalue weighted by atomic mass is 9.95. The van der Waals surface area contributed by atoms with Gasteiger partial charge < -0.3 is 14.9 Å². The number of hydrogen-bond donors (Lipinski definition) is 1. The van der Waals surface area contributed by atoms with Gasteiger partial charge in [-0.25, -0.2) is 4.98 Å². The van der Waals surface area contributed by atoms with E-state index in [1.807, 2.05) is 35.8 Å². The summed E-state index contributed by atoms with van der Waals surface area (Å²) in [6, 6.07) is 3.66. The van der Waals surface area contributed by atoms with Gasteiger partial charge in [0.25, 0.3) is 5.91 Å². The first-order valence-corrected chi connectivity index (χ1v) is 7.70. The van der Waals surface area contributed by atoms with E-state index in [4.69, 9.17) is 0 Å². The van der Waals surface area contributed by atoms with Gasteiger partial charge in [0.1, 0.15) is 5.82 Å². The number of anilines is 1. The van der Waals surface area contributed by atoms with Crippen LogP contribution in [0.4, 0.5) is 5.82 Å². The molecular weight excluding hydrogens is 266 g/mol. The second kappa shape index (κ2) is 5.30. The smallest absolute Gasteiger partial charge is 0.257 e. The van der Waals surface area contributed by atoms with Crippen molar-refractivity contribution in [3.8, 4) is 0 Å². The largest absolute Gasteiger partial charge is 0.388 e. The molecule has 0 aliphatic carbocycles. The molecule has 0 bridgehead atoms. The molecule has 5 heteroatoms. The van der Waals surface area contributed by atoms with Crippen LogP contribution in [-0.2, 0) is 0 Å². The fraction of sp³-hybridized carbons (Fsp3) is 0.625. The summed E-state index contributed by atoms with van der Waals surface area (Å²) in [5.41, 5.74) is -0.0739. The molecule has 114 valence electrons. The Hall–Kier alpha value is -1.62. The highest BCUT2D eigenvalue weighted by molar-refractivity contribution is 5.99. The van der Waals surface area contributed by atoms with E-state index in [1.165, 1.54) is 0 Å². The van der Waals surface area contributed by atoms with Crippen molar-refractivity contribution in [2.45, 2.75) is 32.3 Å². The second-order valence-corrected chi connectivity index (χ2v) is 6.51. The monoisotopic (exact) mass is 289 g/mol. The second-order valence-electron chi connectivity index (χ2n) is 6.51. The lowest BCUT2D eigenvalue weighted by molar-refractivity contribution is 0.0442. The van der Waals surface area contributed by atoms with Gasteiger partial charge in [-0.3, -0.25) is 4.79 Å². The van der Waals surface area contributed by atoms with Crippen molar-refractivity contribution < 1.29 is 9.90 Å². The molecule has 3 heterocycles. The quantitative estimate of drug-likeness (QED) is 0.897. The van der Waals surface area contributed by atoms with E-state index >= 15 is 0 Å². The van der Waals surface area contributed by atoms with Crippen molar-refractivity contribution in [3.63, 3.8) is 0 Å². The number of carbonyl (C=O) groups is 1. The zero-order valence-corrected chi connectivity index (χ0v) is 12.7. The van der Waals surface area contributed by atoms with Crippen molar-refractivity contribution in [1.29, 1.82) is 0 Å². The van der Waals surface area contributed by atoms with Gasteiger partial charge in [0.05, 0.1) is 11.2 Å². The molecule has 2 aliphatic heterocycles. The van der Waals surface area contributed by atoms with Gasteiger partial charge in [-0.15, -0.1) is 0 Å². The molecule has 1 aromatic heterocycles. The minimum absolute atomic E-state index is 0.0646.